The van der Waals surface area contributed by atoms with Crippen LogP contribution < -0.4 is 5.32 Å². The molecule has 1 aliphatic heterocycles. The zero-order valence-electron chi connectivity index (χ0n) is 13.0. The zero-order valence-corrected chi connectivity index (χ0v) is 13.0. The van der Waals surface area contributed by atoms with Gasteiger partial charge in [-0.25, -0.2) is 4.79 Å². The van der Waals surface area contributed by atoms with Crippen LogP contribution in [0.1, 0.15) is 40.0 Å². The quantitative estimate of drug-likeness (QED) is 0.789. The third-order valence-corrected chi connectivity index (χ3v) is 3.61. The van der Waals surface area contributed by atoms with Crippen molar-refractivity contribution in [3.05, 3.63) is 0 Å². The minimum Gasteiger partial charge on any atom is -0.481 e. The molecule has 1 aliphatic rings. The number of nitrogens with zero attached hydrogens (tertiary/aromatic N) is 2. The van der Waals surface area contributed by atoms with Crippen LogP contribution in [0.4, 0.5) is 4.79 Å². The summed E-state index contributed by atoms with van der Waals surface area (Å²) < 4.78 is 0. The van der Waals surface area contributed by atoms with E-state index in [0.717, 1.165) is 12.8 Å². The van der Waals surface area contributed by atoms with E-state index < -0.39 is 5.97 Å². The molecule has 0 saturated carbocycles. The predicted molar refractivity (Wildman–Crippen MR) is 77.9 cm³/mol. The van der Waals surface area contributed by atoms with Crippen molar-refractivity contribution >= 4 is 17.9 Å². The van der Waals surface area contributed by atoms with E-state index in [2.05, 4.69) is 5.32 Å². The first-order valence-corrected chi connectivity index (χ1v) is 7.35. The van der Waals surface area contributed by atoms with Crippen LogP contribution in [-0.2, 0) is 9.59 Å². The van der Waals surface area contributed by atoms with Crippen LogP contribution in [0.15, 0.2) is 0 Å². The van der Waals surface area contributed by atoms with E-state index in [4.69, 9.17) is 5.11 Å². The molecule has 0 radical (unpaired) electrons. The number of amides is 3. The smallest absolute Gasteiger partial charge is 0.320 e. The lowest BCUT2D eigenvalue weighted by atomic mass is 10.1. The molecule has 1 rings (SSSR count). The highest BCUT2D eigenvalue weighted by Crippen LogP contribution is 2.14. The number of hydrogen-bond donors (Lipinski definition) is 2. The minimum atomic E-state index is -0.905. The third-order valence-electron chi connectivity index (χ3n) is 3.61. The van der Waals surface area contributed by atoms with E-state index in [-0.39, 0.29) is 37.0 Å². The van der Waals surface area contributed by atoms with Crippen molar-refractivity contribution in [3.8, 4) is 0 Å². The number of piperidine rings is 1. The van der Waals surface area contributed by atoms with Gasteiger partial charge >= 0.3 is 12.0 Å². The van der Waals surface area contributed by atoms with Crippen LogP contribution in [0.5, 0.6) is 0 Å². The van der Waals surface area contributed by atoms with Gasteiger partial charge in [0, 0.05) is 38.6 Å². The van der Waals surface area contributed by atoms with Crippen LogP contribution in [0.25, 0.3) is 0 Å². The Hall–Kier alpha value is -1.79. The fraction of sp³-hybridized carbons (Fsp3) is 0.786. The molecule has 1 fully saturated rings. The maximum absolute atomic E-state index is 12.5. The maximum Gasteiger partial charge on any atom is 0.320 e. The molecule has 0 aromatic rings. The van der Waals surface area contributed by atoms with Crippen LogP contribution in [0.3, 0.4) is 0 Å². The van der Waals surface area contributed by atoms with E-state index in [1.54, 1.807) is 9.80 Å². The molecule has 0 aromatic heterocycles. The number of hydrogen-bond acceptors (Lipinski definition) is 3. The van der Waals surface area contributed by atoms with Crippen molar-refractivity contribution < 1.29 is 19.5 Å². The van der Waals surface area contributed by atoms with Crippen molar-refractivity contribution in [2.75, 3.05) is 19.6 Å². The van der Waals surface area contributed by atoms with E-state index in [1.807, 2.05) is 13.8 Å². The SMILES string of the molecule is CC(=O)NC1CCN(C(=O)N(CCC(=O)O)C(C)C)CC1. The average molecular weight is 299 g/mol. The summed E-state index contributed by atoms with van der Waals surface area (Å²) in [6.45, 7) is 6.63. The van der Waals surface area contributed by atoms with Gasteiger partial charge in [0.2, 0.25) is 5.91 Å². The monoisotopic (exact) mass is 299 g/mol. The Morgan fingerprint density at radius 1 is 1.29 bits per heavy atom. The highest BCUT2D eigenvalue weighted by Gasteiger charge is 2.28. The Labute approximate surface area is 125 Å². The molecule has 0 atom stereocenters. The van der Waals surface area contributed by atoms with E-state index in [0.29, 0.717) is 13.1 Å². The highest BCUT2D eigenvalue weighted by atomic mass is 16.4. The van der Waals surface area contributed by atoms with Gasteiger partial charge in [-0.15, -0.1) is 0 Å². The van der Waals surface area contributed by atoms with Crippen LogP contribution >= 0.6 is 0 Å². The third kappa shape index (κ3) is 5.61. The predicted octanol–water partition coefficient (Wildman–Crippen LogP) is 0.892. The number of carbonyl (C=O) groups excluding carboxylic acids is 2. The fourth-order valence-corrected chi connectivity index (χ4v) is 2.48. The summed E-state index contributed by atoms with van der Waals surface area (Å²) in [5, 5.41) is 11.6. The Balaban J connectivity index is 2.53. The topological polar surface area (TPSA) is 90.0 Å². The van der Waals surface area contributed by atoms with E-state index in [9.17, 15) is 14.4 Å². The summed E-state index contributed by atoms with van der Waals surface area (Å²) in [5.74, 6) is -0.956. The number of carbonyl (C=O) groups is 3. The molecule has 1 saturated heterocycles. The lowest BCUT2D eigenvalue weighted by Gasteiger charge is -2.37. The van der Waals surface area contributed by atoms with Gasteiger partial charge in [0.25, 0.3) is 0 Å². The first-order chi connectivity index (χ1) is 9.81. The zero-order chi connectivity index (χ0) is 16.0. The van der Waals surface area contributed by atoms with E-state index in [1.165, 1.54) is 6.92 Å². The van der Waals surface area contributed by atoms with Crippen molar-refractivity contribution in [1.82, 2.24) is 15.1 Å². The Morgan fingerprint density at radius 2 is 1.86 bits per heavy atom. The molecule has 0 bridgehead atoms. The number of rotatable bonds is 5. The summed E-state index contributed by atoms with van der Waals surface area (Å²) in [5.41, 5.74) is 0. The molecule has 1 heterocycles. The van der Waals surface area contributed by atoms with Crippen molar-refractivity contribution in [2.45, 2.75) is 52.1 Å². The lowest BCUT2D eigenvalue weighted by molar-refractivity contribution is -0.137. The average Bonchev–Trinajstić information content (AvgIpc) is 2.38. The second kappa shape index (κ2) is 7.85. The summed E-state index contributed by atoms with van der Waals surface area (Å²) in [4.78, 5) is 37.5. The van der Waals surface area contributed by atoms with E-state index >= 15 is 0 Å². The molecule has 2 N–H and O–H groups in total. The fourth-order valence-electron chi connectivity index (χ4n) is 2.48. The second-order valence-corrected chi connectivity index (χ2v) is 5.68. The van der Waals surface area contributed by atoms with Gasteiger partial charge in [-0.3, -0.25) is 9.59 Å². The standard InChI is InChI=1S/C14H25N3O4/c1-10(2)17(9-6-13(19)20)14(21)16-7-4-12(5-8-16)15-11(3)18/h10,12H,4-9H2,1-3H3,(H,15,18)(H,19,20). The highest BCUT2D eigenvalue weighted by molar-refractivity contribution is 5.76. The Bertz CT molecular complexity index is 390. The van der Waals surface area contributed by atoms with Crippen molar-refractivity contribution in [2.24, 2.45) is 0 Å². The maximum atomic E-state index is 12.5. The molecule has 7 heteroatoms. The number of urea groups is 1. The van der Waals surface area contributed by atoms with Crippen LogP contribution in [0.2, 0.25) is 0 Å². The molecule has 120 valence electrons. The molecule has 7 nitrogen and oxygen atoms in total. The van der Waals surface area contributed by atoms with Gasteiger partial charge in [-0.05, 0) is 26.7 Å². The molecule has 3 amide bonds. The second-order valence-electron chi connectivity index (χ2n) is 5.68. The molecular formula is C14H25N3O4. The molecule has 21 heavy (non-hydrogen) atoms. The summed E-state index contributed by atoms with van der Waals surface area (Å²) >= 11 is 0. The molecule has 0 unspecified atom stereocenters. The molecule has 0 spiro atoms. The molecule has 0 aromatic carbocycles. The summed E-state index contributed by atoms with van der Waals surface area (Å²) in [6, 6.07) is -0.0319. The number of aliphatic carboxylic acids is 1. The Kier molecular flexibility index (Phi) is 6.45. The first-order valence-electron chi connectivity index (χ1n) is 7.35. The number of carboxylic acid groups (broad SMARTS) is 1. The summed E-state index contributed by atoms with van der Waals surface area (Å²) in [7, 11) is 0. The van der Waals surface area contributed by atoms with Gasteiger partial charge < -0.3 is 20.2 Å². The van der Waals surface area contributed by atoms with Gasteiger partial charge in [0.15, 0.2) is 0 Å². The number of likely N-dealkylation sites (tertiary alicyclic amines) is 1. The van der Waals surface area contributed by atoms with Gasteiger partial charge in [-0.1, -0.05) is 0 Å². The largest absolute Gasteiger partial charge is 0.481 e. The van der Waals surface area contributed by atoms with Crippen LogP contribution in [0, 0.1) is 0 Å². The number of nitrogens with one attached hydrogen (secondary N) is 1. The lowest BCUT2D eigenvalue weighted by Crippen LogP contribution is -2.52. The first kappa shape index (κ1) is 17.3. The van der Waals surface area contributed by atoms with Gasteiger partial charge in [0.1, 0.15) is 0 Å². The number of carboxylic acids is 1. The van der Waals surface area contributed by atoms with Crippen molar-refractivity contribution in [1.29, 1.82) is 0 Å². The minimum absolute atomic E-state index is 0.0371. The van der Waals surface area contributed by atoms with Gasteiger partial charge in [0.05, 0.1) is 6.42 Å². The molecule has 0 aliphatic carbocycles. The molecular weight excluding hydrogens is 274 g/mol. The summed E-state index contributed by atoms with van der Waals surface area (Å²) in [6.07, 6.45) is 1.42. The van der Waals surface area contributed by atoms with Crippen LogP contribution in [-0.4, -0.2) is 64.5 Å². The van der Waals surface area contributed by atoms with Gasteiger partial charge in [-0.2, -0.15) is 0 Å². The van der Waals surface area contributed by atoms with Crippen molar-refractivity contribution in [3.63, 3.8) is 0 Å². The Morgan fingerprint density at radius 3 is 2.29 bits per heavy atom. The normalized spacial score (nSPS) is 15.9.